The third-order valence-corrected chi connectivity index (χ3v) is 3.30. The molecular formula is C10H14BrNO2. The van der Waals surface area contributed by atoms with Crippen LogP contribution in [0.4, 0.5) is 0 Å². The van der Waals surface area contributed by atoms with Gasteiger partial charge in [0, 0.05) is 12.6 Å². The van der Waals surface area contributed by atoms with Gasteiger partial charge < -0.3 is 14.5 Å². The zero-order valence-electron chi connectivity index (χ0n) is 8.13. The van der Waals surface area contributed by atoms with Gasteiger partial charge in [0.25, 0.3) is 0 Å². The highest BCUT2D eigenvalue weighted by molar-refractivity contribution is 9.10. The Morgan fingerprint density at radius 3 is 3.07 bits per heavy atom. The number of hydrogen-bond acceptors (Lipinski definition) is 3. The monoisotopic (exact) mass is 259 g/mol. The highest BCUT2D eigenvalue weighted by Gasteiger charge is 2.23. The molecule has 14 heavy (non-hydrogen) atoms. The molecule has 0 unspecified atom stereocenters. The van der Waals surface area contributed by atoms with Crippen LogP contribution in [0.15, 0.2) is 21.2 Å². The smallest absolute Gasteiger partial charge is 0.131 e. The second-order valence-corrected chi connectivity index (χ2v) is 4.40. The molecular weight excluding hydrogens is 246 g/mol. The van der Waals surface area contributed by atoms with Crippen molar-refractivity contribution in [3.05, 3.63) is 22.6 Å². The summed E-state index contributed by atoms with van der Waals surface area (Å²) in [6, 6.07) is 2.36. The second-order valence-electron chi connectivity index (χ2n) is 3.54. The SMILES string of the molecule is C[C@H]1OCC[C@H]1NCc1occc1Br. The van der Waals surface area contributed by atoms with Crippen LogP contribution in [0.2, 0.25) is 0 Å². The minimum Gasteiger partial charge on any atom is -0.467 e. The van der Waals surface area contributed by atoms with E-state index in [-0.39, 0.29) is 0 Å². The Bertz CT molecular complexity index is 300. The van der Waals surface area contributed by atoms with Crippen LogP contribution in [0.5, 0.6) is 0 Å². The molecule has 1 saturated heterocycles. The van der Waals surface area contributed by atoms with Crippen molar-refractivity contribution in [1.29, 1.82) is 0 Å². The van der Waals surface area contributed by atoms with Crippen molar-refractivity contribution in [2.75, 3.05) is 6.61 Å². The third kappa shape index (κ3) is 2.19. The maximum atomic E-state index is 5.46. The Labute approximate surface area is 91.9 Å². The molecule has 2 rings (SSSR count). The number of hydrogen-bond donors (Lipinski definition) is 1. The Hall–Kier alpha value is -0.320. The first-order valence-corrected chi connectivity index (χ1v) is 5.63. The average Bonchev–Trinajstić information content (AvgIpc) is 2.72. The average molecular weight is 260 g/mol. The Morgan fingerprint density at radius 2 is 2.50 bits per heavy atom. The van der Waals surface area contributed by atoms with E-state index >= 15 is 0 Å². The van der Waals surface area contributed by atoms with Crippen LogP contribution in [-0.4, -0.2) is 18.8 Å². The van der Waals surface area contributed by atoms with Crippen molar-refractivity contribution < 1.29 is 9.15 Å². The van der Waals surface area contributed by atoms with Crippen LogP contribution in [-0.2, 0) is 11.3 Å². The molecule has 0 saturated carbocycles. The van der Waals surface area contributed by atoms with E-state index in [1.54, 1.807) is 6.26 Å². The minimum absolute atomic E-state index is 0.309. The van der Waals surface area contributed by atoms with Gasteiger partial charge in [0.05, 0.1) is 23.4 Å². The summed E-state index contributed by atoms with van der Waals surface area (Å²) in [5.74, 6) is 0.948. The van der Waals surface area contributed by atoms with Crippen LogP contribution in [0.1, 0.15) is 19.1 Å². The van der Waals surface area contributed by atoms with Crippen LogP contribution >= 0.6 is 15.9 Å². The zero-order chi connectivity index (χ0) is 9.97. The molecule has 0 bridgehead atoms. The molecule has 2 heterocycles. The molecule has 2 atom stereocenters. The number of ether oxygens (including phenoxy) is 1. The molecule has 1 aromatic heterocycles. The molecule has 1 N–H and O–H groups in total. The zero-order valence-corrected chi connectivity index (χ0v) is 9.71. The molecule has 1 fully saturated rings. The molecule has 1 aromatic rings. The van der Waals surface area contributed by atoms with E-state index in [0.29, 0.717) is 12.1 Å². The number of furan rings is 1. The van der Waals surface area contributed by atoms with Gasteiger partial charge in [0.2, 0.25) is 0 Å². The van der Waals surface area contributed by atoms with Crippen LogP contribution < -0.4 is 5.32 Å². The normalized spacial score (nSPS) is 27.0. The lowest BCUT2D eigenvalue weighted by Gasteiger charge is -2.14. The highest BCUT2D eigenvalue weighted by atomic mass is 79.9. The number of halogens is 1. The Kier molecular flexibility index (Phi) is 3.26. The molecule has 0 amide bonds. The van der Waals surface area contributed by atoms with E-state index in [4.69, 9.17) is 9.15 Å². The van der Waals surface area contributed by atoms with Crippen molar-refractivity contribution >= 4 is 15.9 Å². The molecule has 3 nitrogen and oxygen atoms in total. The second kappa shape index (κ2) is 4.47. The summed E-state index contributed by atoms with van der Waals surface area (Å²) in [5, 5.41) is 3.43. The topological polar surface area (TPSA) is 34.4 Å². The first kappa shape index (κ1) is 10.2. The van der Waals surface area contributed by atoms with Gasteiger partial charge in [-0.1, -0.05) is 0 Å². The maximum Gasteiger partial charge on any atom is 0.131 e. The Morgan fingerprint density at radius 1 is 1.64 bits per heavy atom. The molecule has 4 heteroatoms. The highest BCUT2D eigenvalue weighted by Crippen LogP contribution is 2.19. The van der Waals surface area contributed by atoms with E-state index in [2.05, 4.69) is 28.2 Å². The van der Waals surface area contributed by atoms with Crippen LogP contribution in [0.3, 0.4) is 0 Å². The predicted molar refractivity (Wildman–Crippen MR) is 57.1 cm³/mol. The van der Waals surface area contributed by atoms with Crippen molar-refractivity contribution in [1.82, 2.24) is 5.32 Å². The van der Waals surface area contributed by atoms with Gasteiger partial charge >= 0.3 is 0 Å². The molecule has 1 aliphatic rings. The summed E-state index contributed by atoms with van der Waals surface area (Å²) in [6.07, 6.45) is 3.08. The number of rotatable bonds is 3. The van der Waals surface area contributed by atoms with Gasteiger partial charge in [-0.3, -0.25) is 0 Å². The van der Waals surface area contributed by atoms with Crippen molar-refractivity contribution in [3.63, 3.8) is 0 Å². The minimum atomic E-state index is 0.309. The number of nitrogens with one attached hydrogen (secondary N) is 1. The molecule has 78 valence electrons. The summed E-state index contributed by atoms with van der Waals surface area (Å²) in [7, 11) is 0. The van der Waals surface area contributed by atoms with E-state index in [1.807, 2.05) is 6.07 Å². The van der Waals surface area contributed by atoms with Gasteiger partial charge in [0.15, 0.2) is 0 Å². The van der Waals surface area contributed by atoms with Gasteiger partial charge in [-0.15, -0.1) is 0 Å². The van der Waals surface area contributed by atoms with E-state index in [9.17, 15) is 0 Å². The fraction of sp³-hybridized carbons (Fsp3) is 0.600. The molecule has 1 aliphatic heterocycles. The lowest BCUT2D eigenvalue weighted by Crippen LogP contribution is -2.34. The summed E-state index contributed by atoms with van der Waals surface area (Å²) in [6.45, 7) is 3.71. The molecule has 0 radical (unpaired) electrons. The first-order valence-electron chi connectivity index (χ1n) is 4.84. The fourth-order valence-electron chi connectivity index (χ4n) is 1.67. The van der Waals surface area contributed by atoms with Gasteiger partial charge in [0.1, 0.15) is 5.76 Å². The lowest BCUT2D eigenvalue weighted by molar-refractivity contribution is 0.112. The third-order valence-electron chi connectivity index (χ3n) is 2.59. The molecule has 0 aliphatic carbocycles. The maximum absolute atomic E-state index is 5.46. The van der Waals surface area contributed by atoms with Gasteiger partial charge in [-0.25, -0.2) is 0 Å². The van der Waals surface area contributed by atoms with Crippen LogP contribution in [0.25, 0.3) is 0 Å². The Balaban J connectivity index is 1.85. The predicted octanol–water partition coefficient (Wildman–Crippen LogP) is 2.31. The quantitative estimate of drug-likeness (QED) is 0.905. The first-order chi connectivity index (χ1) is 6.77. The van der Waals surface area contributed by atoms with Gasteiger partial charge in [-0.2, -0.15) is 0 Å². The largest absolute Gasteiger partial charge is 0.467 e. The summed E-state index contributed by atoms with van der Waals surface area (Å²) in [4.78, 5) is 0. The fourth-order valence-corrected chi connectivity index (χ4v) is 2.02. The van der Waals surface area contributed by atoms with Gasteiger partial charge in [-0.05, 0) is 35.3 Å². The molecule has 0 spiro atoms. The van der Waals surface area contributed by atoms with Crippen molar-refractivity contribution in [3.8, 4) is 0 Å². The van der Waals surface area contributed by atoms with E-state index < -0.39 is 0 Å². The lowest BCUT2D eigenvalue weighted by atomic mass is 10.1. The van der Waals surface area contributed by atoms with E-state index in [1.165, 1.54) is 0 Å². The van der Waals surface area contributed by atoms with E-state index in [0.717, 1.165) is 29.8 Å². The molecule has 0 aromatic carbocycles. The van der Waals surface area contributed by atoms with Crippen molar-refractivity contribution in [2.45, 2.75) is 32.0 Å². The van der Waals surface area contributed by atoms with Crippen LogP contribution in [0, 0.1) is 0 Å². The standard InChI is InChI=1S/C10H14BrNO2/c1-7-9(3-5-13-7)12-6-10-8(11)2-4-14-10/h2,4,7,9,12H,3,5-6H2,1H3/t7-,9-/m1/s1. The summed E-state index contributed by atoms with van der Waals surface area (Å²) >= 11 is 3.43. The summed E-state index contributed by atoms with van der Waals surface area (Å²) < 4.78 is 11.8. The van der Waals surface area contributed by atoms with Crippen molar-refractivity contribution in [2.24, 2.45) is 0 Å². The summed E-state index contributed by atoms with van der Waals surface area (Å²) in [5.41, 5.74) is 0.